The minimum atomic E-state index is 0.432. The molecule has 2 aromatic heterocycles. The zero-order valence-corrected chi connectivity index (χ0v) is 9.61. The predicted octanol–water partition coefficient (Wildman–Crippen LogP) is 2.35. The molecule has 1 aromatic carbocycles. The van der Waals surface area contributed by atoms with Gasteiger partial charge in [-0.1, -0.05) is 18.2 Å². The number of imidazole rings is 1. The van der Waals surface area contributed by atoms with Crippen LogP contribution in [0.4, 0.5) is 0 Å². The Morgan fingerprint density at radius 3 is 3.06 bits per heavy atom. The molecular formula is C14H10N4. The molecule has 0 fully saturated rings. The maximum absolute atomic E-state index is 8.96. The zero-order chi connectivity index (χ0) is 12.4. The van der Waals surface area contributed by atoms with E-state index in [9.17, 15) is 0 Å². The fourth-order valence-corrected chi connectivity index (χ4v) is 2.06. The van der Waals surface area contributed by atoms with Crippen LogP contribution in [-0.2, 0) is 6.54 Å². The van der Waals surface area contributed by atoms with Crippen LogP contribution in [-0.4, -0.2) is 14.5 Å². The minimum Gasteiger partial charge on any atom is -0.318 e. The molecule has 0 aliphatic heterocycles. The molecule has 0 spiro atoms. The molecular weight excluding hydrogens is 224 g/mol. The zero-order valence-electron chi connectivity index (χ0n) is 9.61. The standard InChI is InChI=1S/C14H10N4/c15-8-14-17-6-7-18(14)10-12-3-1-2-11-9-16-5-4-13(11)12/h1-7,9H,10H2. The Labute approximate surface area is 104 Å². The van der Waals surface area contributed by atoms with Gasteiger partial charge >= 0.3 is 0 Å². The molecule has 4 heteroatoms. The highest BCUT2D eigenvalue weighted by molar-refractivity contribution is 5.84. The van der Waals surface area contributed by atoms with E-state index < -0.39 is 0 Å². The van der Waals surface area contributed by atoms with E-state index in [-0.39, 0.29) is 0 Å². The average Bonchev–Trinajstić information content (AvgIpc) is 2.86. The van der Waals surface area contributed by atoms with Crippen LogP contribution in [0.5, 0.6) is 0 Å². The summed E-state index contributed by atoms with van der Waals surface area (Å²) in [5.41, 5.74) is 1.16. The van der Waals surface area contributed by atoms with Gasteiger partial charge < -0.3 is 4.57 Å². The van der Waals surface area contributed by atoms with Crippen molar-refractivity contribution in [1.82, 2.24) is 14.5 Å². The Hall–Kier alpha value is -2.67. The molecule has 0 bridgehead atoms. The Bertz CT molecular complexity index is 731. The molecule has 0 amide bonds. The number of hydrogen-bond acceptors (Lipinski definition) is 3. The smallest absolute Gasteiger partial charge is 0.213 e. The van der Waals surface area contributed by atoms with Gasteiger partial charge in [0.2, 0.25) is 5.82 Å². The van der Waals surface area contributed by atoms with Crippen LogP contribution in [0.1, 0.15) is 11.4 Å². The van der Waals surface area contributed by atoms with Crippen LogP contribution in [0.2, 0.25) is 0 Å². The maximum atomic E-state index is 8.96. The lowest BCUT2D eigenvalue weighted by Gasteiger charge is -2.07. The summed E-state index contributed by atoms with van der Waals surface area (Å²) in [5.74, 6) is 0.432. The quantitative estimate of drug-likeness (QED) is 0.684. The van der Waals surface area contributed by atoms with Gasteiger partial charge in [-0.3, -0.25) is 4.98 Å². The van der Waals surface area contributed by atoms with Crippen LogP contribution in [0.15, 0.2) is 49.1 Å². The summed E-state index contributed by atoms with van der Waals surface area (Å²) in [6.07, 6.45) is 7.09. The highest BCUT2D eigenvalue weighted by Gasteiger charge is 2.05. The van der Waals surface area contributed by atoms with E-state index in [4.69, 9.17) is 5.26 Å². The van der Waals surface area contributed by atoms with Crippen molar-refractivity contribution in [3.8, 4) is 6.07 Å². The van der Waals surface area contributed by atoms with Crippen molar-refractivity contribution in [1.29, 1.82) is 5.26 Å². The van der Waals surface area contributed by atoms with Crippen LogP contribution in [0.3, 0.4) is 0 Å². The number of hydrogen-bond donors (Lipinski definition) is 0. The van der Waals surface area contributed by atoms with Crippen molar-refractivity contribution in [3.05, 3.63) is 60.4 Å². The Kier molecular flexibility index (Phi) is 2.50. The van der Waals surface area contributed by atoms with Crippen LogP contribution >= 0.6 is 0 Å². The number of nitriles is 1. The Balaban J connectivity index is 2.08. The van der Waals surface area contributed by atoms with Crippen LogP contribution < -0.4 is 0 Å². The molecule has 0 unspecified atom stereocenters. The van der Waals surface area contributed by atoms with Crippen molar-refractivity contribution < 1.29 is 0 Å². The van der Waals surface area contributed by atoms with Crippen LogP contribution in [0, 0.1) is 11.3 Å². The van der Waals surface area contributed by atoms with Gasteiger partial charge in [-0.05, 0) is 17.0 Å². The second-order valence-electron chi connectivity index (χ2n) is 4.00. The second-order valence-corrected chi connectivity index (χ2v) is 4.00. The first kappa shape index (κ1) is 10.5. The molecule has 2 heterocycles. The first-order valence-corrected chi connectivity index (χ1v) is 5.61. The Morgan fingerprint density at radius 2 is 2.17 bits per heavy atom. The van der Waals surface area contributed by atoms with E-state index in [2.05, 4.69) is 22.1 Å². The number of aromatic nitrogens is 3. The summed E-state index contributed by atoms with van der Waals surface area (Å²) >= 11 is 0. The predicted molar refractivity (Wildman–Crippen MR) is 67.8 cm³/mol. The molecule has 3 aromatic rings. The molecule has 3 rings (SSSR count). The molecule has 0 aliphatic rings. The van der Waals surface area contributed by atoms with E-state index in [0.29, 0.717) is 12.4 Å². The largest absolute Gasteiger partial charge is 0.318 e. The third kappa shape index (κ3) is 1.72. The third-order valence-corrected chi connectivity index (χ3v) is 2.93. The highest BCUT2D eigenvalue weighted by atomic mass is 15.1. The summed E-state index contributed by atoms with van der Waals surface area (Å²) in [6.45, 7) is 0.643. The second kappa shape index (κ2) is 4.30. The molecule has 0 radical (unpaired) electrons. The molecule has 0 N–H and O–H groups in total. The first-order valence-electron chi connectivity index (χ1n) is 5.61. The summed E-state index contributed by atoms with van der Waals surface area (Å²) in [4.78, 5) is 8.11. The molecule has 18 heavy (non-hydrogen) atoms. The summed E-state index contributed by atoms with van der Waals surface area (Å²) in [5, 5.41) is 11.2. The third-order valence-electron chi connectivity index (χ3n) is 2.93. The molecule has 86 valence electrons. The SMILES string of the molecule is N#Cc1nccn1Cc1cccc2cnccc12. The average molecular weight is 234 g/mol. The topological polar surface area (TPSA) is 54.5 Å². The van der Waals surface area contributed by atoms with Gasteiger partial charge in [-0.15, -0.1) is 0 Å². The molecule has 0 aliphatic carbocycles. The van der Waals surface area contributed by atoms with E-state index in [1.54, 1.807) is 12.4 Å². The van der Waals surface area contributed by atoms with Crippen molar-refractivity contribution in [2.24, 2.45) is 0 Å². The number of nitrogens with zero attached hydrogens (tertiary/aromatic N) is 4. The summed E-state index contributed by atoms with van der Waals surface area (Å²) in [6, 6.07) is 10.2. The first-order chi connectivity index (χ1) is 8.88. The lowest BCUT2D eigenvalue weighted by Crippen LogP contribution is -2.02. The lowest BCUT2D eigenvalue weighted by atomic mass is 10.1. The maximum Gasteiger partial charge on any atom is 0.213 e. The minimum absolute atomic E-state index is 0.432. The van der Waals surface area contributed by atoms with Crippen molar-refractivity contribution >= 4 is 10.8 Å². The summed E-state index contributed by atoms with van der Waals surface area (Å²) < 4.78 is 1.84. The number of benzene rings is 1. The lowest BCUT2D eigenvalue weighted by molar-refractivity contribution is 0.787. The van der Waals surface area contributed by atoms with Gasteiger partial charge in [-0.2, -0.15) is 5.26 Å². The van der Waals surface area contributed by atoms with E-state index in [1.807, 2.05) is 35.2 Å². The van der Waals surface area contributed by atoms with Crippen molar-refractivity contribution in [3.63, 3.8) is 0 Å². The van der Waals surface area contributed by atoms with Crippen molar-refractivity contribution in [2.75, 3.05) is 0 Å². The molecule has 0 saturated carbocycles. The molecule has 0 atom stereocenters. The number of rotatable bonds is 2. The fourth-order valence-electron chi connectivity index (χ4n) is 2.06. The van der Waals surface area contributed by atoms with Gasteiger partial charge in [0, 0.05) is 30.2 Å². The van der Waals surface area contributed by atoms with Crippen molar-refractivity contribution in [2.45, 2.75) is 6.54 Å². The number of fused-ring (bicyclic) bond motifs is 1. The van der Waals surface area contributed by atoms with Gasteiger partial charge in [0.1, 0.15) is 6.07 Å². The summed E-state index contributed by atoms with van der Waals surface area (Å²) in [7, 11) is 0. The molecule has 4 nitrogen and oxygen atoms in total. The fraction of sp³-hybridized carbons (Fsp3) is 0.0714. The van der Waals surface area contributed by atoms with Gasteiger partial charge in [0.05, 0.1) is 6.54 Å². The normalized spacial score (nSPS) is 10.4. The van der Waals surface area contributed by atoms with E-state index in [1.165, 1.54) is 0 Å². The van der Waals surface area contributed by atoms with Gasteiger partial charge in [0.25, 0.3) is 0 Å². The van der Waals surface area contributed by atoms with Gasteiger partial charge in [-0.25, -0.2) is 4.98 Å². The molecule has 0 saturated heterocycles. The monoisotopic (exact) mass is 234 g/mol. The number of pyridine rings is 1. The highest BCUT2D eigenvalue weighted by Crippen LogP contribution is 2.18. The van der Waals surface area contributed by atoms with E-state index >= 15 is 0 Å². The Morgan fingerprint density at radius 1 is 1.22 bits per heavy atom. The van der Waals surface area contributed by atoms with Crippen LogP contribution in [0.25, 0.3) is 10.8 Å². The van der Waals surface area contributed by atoms with E-state index in [0.717, 1.165) is 16.3 Å². The van der Waals surface area contributed by atoms with Gasteiger partial charge in [0.15, 0.2) is 0 Å².